The summed E-state index contributed by atoms with van der Waals surface area (Å²) in [5.74, 6) is 0. The summed E-state index contributed by atoms with van der Waals surface area (Å²) < 4.78 is 5.25. The molecule has 1 saturated heterocycles. The average molecular weight is 401 g/mol. The van der Waals surface area contributed by atoms with Gasteiger partial charge in [-0.25, -0.2) is 4.79 Å². The number of nitrogens with one attached hydrogen (secondary N) is 1. The molecule has 2 aromatic rings. The number of anilines is 1. The number of likely N-dealkylation sites (tertiary alicyclic amines) is 1. The lowest BCUT2D eigenvalue weighted by Gasteiger charge is -2.23. The van der Waals surface area contributed by atoms with E-state index in [1.807, 2.05) is 0 Å². The van der Waals surface area contributed by atoms with Crippen LogP contribution >= 0.6 is 34.5 Å². The van der Waals surface area contributed by atoms with Gasteiger partial charge in [-0.1, -0.05) is 41.5 Å². The predicted molar refractivity (Wildman–Crippen MR) is 101 cm³/mol. The van der Waals surface area contributed by atoms with Gasteiger partial charge in [0.05, 0.1) is 6.61 Å². The molecule has 1 atom stereocenters. The van der Waals surface area contributed by atoms with Gasteiger partial charge in [0.1, 0.15) is 5.01 Å². The maximum atomic E-state index is 12.4. The van der Waals surface area contributed by atoms with Gasteiger partial charge >= 0.3 is 6.03 Å². The number of ether oxygens (including phenoxy) is 1. The lowest BCUT2D eigenvalue weighted by molar-refractivity contribution is 0.0990. The average Bonchev–Trinajstić information content (AvgIpc) is 3.14. The number of hydrogen-bond acceptors (Lipinski definition) is 5. The Hall–Kier alpha value is -1.41. The number of hydrogen-bond donors (Lipinski definition) is 1. The molecule has 9 heteroatoms. The quantitative estimate of drug-likeness (QED) is 0.825. The zero-order chi connectivity index (χ0) is 18.0. The van der Waals surface area contributed by atoms with Crippen molar-refractivity contribution in [2.75, 3.05) is 32.1 Å². The second-order valence-corrected chi connectivity index (χ2v) is 8.27. The van der Waals surface area contributed by atoms with E-state index < -0.39 is 0 Å². The number of methoxy groups -OCH3 is 1. The molecule has 1 aromatic heterocycles. The minimum atomic E-state index is -0.174. The highest BCUT2D eigenvalue weighted by Crippen LogP contribution is 2.32. The molecule has 1 unspecified atom stereocenters. The number of carbonyl (C=O) groups excluding carboxylic acids is 1. The highest BCUT2D eigenvalue weighted by Gasteiger charge is 2.36. The van der Waals surface area contributed by atoms with Crippen molar-refractivity contribution in [2.45, 2.75) is 13.3 Å². The lowest BCUT2D eigenvalue weighted by Crippen LogP contribution is -2.35. The summed E-state index contributed by atoms with van der Waals surface area (Å²) in [6.45, 7) is 4.11. The van der Waals surface area contributed by atoms with Gasteiger partial charge in [0.15, 0.2) is 0 Å². The van der Waals surface area contributed by atoms with E-state index in [9.17, 15) is 4.79 Å². The van der Waals surface area contributed by atoms with Gasteiger partial charge in [-0.2, -0.15) is 0 Å². The van der Waals surface area contributed by atoms with Crippen molar-refractivity contribution in [3.63, 3.8) is 0 Å². The normalized spacial score (nSPS) is 20.1. The van der Waals surface area contributed by atoms with Gasteiger partial charge < -0.3 is 9.64 Å². The van der Waals surface area contributed by atoms with Crippen LogP contribution in [0.1, 0.15) is 13.3 Å². The third-order valence-electron chi connectivity index (χ3n) is 4.09. The van der Waals surface area contributed by atoms with Crippen molar-refractivity contribution in [1.82, 2.24) is 15.1 Å². The summed E-state index contributed by atoms with van der Waals surface area (Å²) in [7, 11) is 1.68. The van der Waals surface area contributed by atoms with Crippen LogP contribution in [-0.2, 0) is 4.74 Å². The number of carbonyl (C=O) groups is 1. The molecule has 1 aliphatic rings. The molecule has 0 bridgehead atoms. The second kappa shape index (κ2) is 7.45. The Morgan fingerprint density at radius 3 is 2.76 bits per heavy atom. The van der Waals surface area contributed by atoms with Crippen LogP contribution in [0.5, 0.6) is 0 Å². The maximum Gasteiger partial charge on any atom is 0.323 e. The van der Waals surface area contributed by atoms with Crippen LogP contribution in [0.15, 0.2) is 18.2 Å². The van der Waals surface area contributed by atoms with Crippen molar-refractivity contribution in [3.8, 4) is 10.6 Å². The van der Waals surface area contributed by atoms with Crippen LogP contribution in [0.25, 0.3) is 10.6 Å². The SMILES string of the molecule is COCC1(C)CCN(C(=O)Nc2nnc(-c3cc(Cl)cc(Cl)c3)s2)C1. The second-order valence-electron chi connectivity index (χ2n) is 6.42. The zero-order valence-corrected chi connectivity index (χ0v) is 16.2. The van der Waals surface area contributed by atoms with E-state index in [-0.39, 0.29) is 11.4 Å². The van der Waals surface area contributed by atoms with Gasteiger partial charge in [0.25, 0.3) is 0 Å². The first kappa shape index (κ1) is 18.4. The summed E-state index contributed by atoms with van der Waals surface area (Å²) in [6.07, 6.45) is 0.913. The van der Waals surface area contributed by atoms with Crippen LogP contribution < -0.4 is 5.32 Å². The first-order valence-electron chi connectivity index (χ1n) is 7.73. The molecule has 2 amide bonds. The van der Waals surface area contributed by atoms with Crippen molar-refractivity contribution < 1.29 is 9.53 Å². The van der Waals surface area contributed by atoms with Gasteiger partial charge in [0, 0.05) is 41.2 Å². The monoisotopic (exact) mass is 400 g/mol. The van der Waals surface area contributed by atoms with Crippen molar-refractivity contribution in [2.24, 2.45) is 5.41 Å². The molecule has 1 N–H and O–H groups in total. The Bertz CT molecular complexity index is 765. The molecular formula is C16H18Cl2N4O2S. The van der Waals surface area contributed by atoms with Crippen molar-refractivity contribution in [1.29, 1.82) is 0 Å². The number of aromatic nitrogens is 2. The summed E-state index contributed by atoms with van der Waals surface area (Å²) >= 11 is 13.3. The molecule has 2 heterocycles. The number of halogens is 2. The third-order valence-corrected chi connectivity index (χ3v) is 5.41. The van der Waals surface area contributed by atoms with Crippen LogP contribution in [0, 0.1) is 5.41 Å². The van der Waals surface area contributed by atoms with Crippen LogP contribution in [0.4, 0.5) is 9.93 Å². The van der Waals surface area contributed by atoms with E-state index >= 15 is 0 Å². The topological polar surface area (TPSA) is 67.3 Å². The van der Waals surface area contributed by atoms with Crippen molar-refractivity contribution in [3.05, 3.63) is 28.2 Å². The number of urea groups is 1. The Kier molecular flexibility index (Phi) is 5.48. The molecule has 0 radical (unpaired) electrons. The summed E-state index contributed by atoms with van der Waals surface area (Å²) in [5, 5.41) is 13.1. The Morgan fingerprint density at radius 2 is 2.08 bits per heavy atom. The molecule has 6 nitrogen and oxygen atoms in total. The summed E-state index contributed by atoms with van der Waals surface area (Å²) in [5.41, 5.74) is 0.764. The van der Waals surface area contributed by atoms with E-state index in [4.69, 9.17) is 27.9 Å². The molecular weight excluding hydrogens is 383 g/mol. The molecule has 1 fully saturated rings. The van der Waals surface area contributed by atoms with Gasteiger partial charge in [-0.3, -0.25) is 5.32 Å². The van der Waals surface area contributed by atoms with Crippen molar-refractivity contribution >= 4 is 45.7 Å². The van der Waals surface area contributed by atoms with Gasteiger partial charge in [0.2, 0.25) is 5.13 Å². The minimum absolute atomic E-state index is 0.00405. The summed E-state index contributed by atoms with van der Waals surface area (Å²) in [4.78, 5) is 14.2. The molecule has 1 aromatic carbocycles. The summed E-state index contributed by atoms with van der Waals surface area (Å²) in [6, 6.07) is 5.00. The lowest BCUT2D eigenvalue weighted by atomic mass is 9.91. The highest BCUT2D eigenvalue weighted by molar-refractivity contribution is 7.18. The van der Waals surface area contributed by atoms with E-state index in [1.165, 1.54) is 11.3 Å². The van der Waals surface area contributed by atoms with E-state index in [0.717, 1.165) is 12.0 Å². The van der Waals surface area contributed by atoms with Crippen LogP contribution in [0.3, 0.4) is 0 Å². The molecule has 25 heavy (non-hydrogen) atoms. The maximum absolute atomic E-state index is 12.4. The van der Waals surface area contributed by atoms with Crippen LogP contribution in [-0.4, -0.2) is 47.9 Å². The van der Waals surface area contributed by atoms with E-state index in [2.05, 4.69) is 22.4 Å². The minimum Gasteiger partial charge on any atom is -0.384 e. The van der Waals surface area contributed by atoms with E-state index in [0.29, 0.717) is 39.9 Å². The largest absolute Gasteiger partial charge is 0.384 e. The Balaban J connectivity index is 1.66. The fraction of sp³-hybridized carbons (Fsp3) is 0.438. The van der Waals surface area contributed by atoms with Crippen LogP contribution in [0.2, 0.25) is 10.0 Å². The number of benzene rings is 1. The Labute approximate surface area is 160 Å². The number of nitrogens with zero attached hydrogens (tertiary/aromatic N) is 3. The molecule has 0 aliphatic carbocycles. The smallest absolute Gasteiger partial charge is 0.323 e. The first-order valence-corrected chi connectivity index (χ1v) is 9.31. The zero-order valence-electron chi connectivity index (χ0n) is 13.9. The first-order chi connectivity index (χ1) is 11.9. The molecule has 0 saturated carbocycles. The van der Waals surface area contributed by atoms with E-state index in [1.54, 1.807) is 30.2 Å². The molecule has 1 aliphatic heterocycles. The fourth-order valence-corrected chi connectivity index (χ4v) is 4.15. The number of amides is 2. The molecule has 0 spiro atoms. The highest BCUT2D eigenvalue weighted by atomic mass is 35.5. The molecule has 3 rings (SSSR count). The Morgan fingerprint density at radius 1 is 1.36 bits per heavy atom. The molecule has 134 valence electrons. The van der Waals surface area contributed by atoms with Gasteiger partial charge in [-0.05, 0) is 24.6 Å². The van der Waals surface area contributed by atoms with Gasteiger partial charge in [-0.15, -0.1) is 10.2 Å². The third kappa shape index (κ3) is 4.41. The fourth-order valence-electron chi connectivity index (χ4n) is 2.90. The predicted octanol–water partition coefficient (Wildman–Crippen LogP) is 4.40. The number of rotatable bonds is 4. The standard InChI is InChI=1S/C16H18Cl2N4O2S/c1-16(9-24-2)3-4-22(8-16)15(23)19-14-21-20-13(25-14)10-5-11(17)7-12(18)6-10/h5-7H,3-4,8-9H2,1-2H3,(H,19,21,23).